The standard InChI is InChI=1S/C29H35F6N7O4/c1-13(2)20(27(45)42(4)5)38-25(43)17(12-29(33,34)35)16-6-7-18-23(19(16)30)37-24(36-18)22(15-8-10-28(31,32)11-9-15)39-26(44)21-14(3)40-46-41-21/h6-7,13,15,17,20,22H,8-12H2,1-5H3,(H,36,37)(H,38,43)(H,39,44)/t17-,20+,22-/m0/s1. The summed E-state index contributed by atoms with van der Waals surface area (Å²) in [4.78, 5) is 47.2. The fraction of sp³-hybridized carbons (Fsp3) is 0.586. The van der Waals surface area contributed by atoms with Crippen LogP contribution in [0.5, 0.6) is 0 Å². The first-order valence-electron chi connectivity index (χ1n) is 14.6. The van der Waals surface area contributed by atoms with Crippen LogP contribution < -0.4 is 10.6 Å². The van der Waals surface area contributed by atoms with E-state index in [1.165, 1.54) is 32.0 Å². The molecule has 2 aromatic heterocycles. The maximum Gasteiger partial charge on any atom is 0.390 e. The Morgan fingerprint density at radius 2 is 1.76 bits per heavy atom. The van der Waals surface area contributed by atoms with E-state index in [2.05, 4.69) is 35.5 Å². The average Bonchev–Trinajstić information content (AvgIpc) is 3.59. The molecule has 2 heterocycles. The predicted octanol–water partition coefficient (Wildman–Crippen LogP) is 4.96. The minimum Gasteiger partial charge on any atom is -0.347 e. The summed E-state index contributed by atoms with van der Waals surface area (Å²) >= 11 is 0. The molecule has 11 nitrogen and oxygen atoms in total. The van der Waals surface area contributed by atoms with E-state index in [1.807, 2.05) is 0 Å². The Kier molecular flexibility index (Phi) is 10.0. The molecule has 1 fully saturated rings. The molecule has 17 heteroatoms. The van der Waals surface area contributed by atoms with Gasteiger partial charge in [0.15, 0.2) is 11.5 Å². The number of nitrogens with one attached hydrogen (secondary N) is 3. The fourth-order valence-corrected chi connectivity index (χ4v) is 5.57. The molecular weight excluding hydrogens is 624 g/mol. The van der Waals surface area contributed by atoms with Crippen molar-refractivity contribution in [3.05, 3.63) is 40.7 Å². The number of benzene rings is 1. The summed E-state index contributed by atoms with van der Waals surface area (Å²) in [5.41, 5.74) is -0.999. The zero-order valence-electron chi connectivity index (χ0n) is 25.8. The van der Waals surface area contributed by atoms with Crippen molar-refractivity contribution >= 4 is 28.8 Å². The van der Waals surface area contributed by atoms with Crippen LogP contribution in [0.3, 0.4) is 0 Å². The third kappa shape index (κ3) is 7.78. The molecule has 1 aliphatic carbocycles. The van der Waals surface area contributed by atoms with Crippen LogP contribution in [0.1, 0.15) is 85.5 Å². The third-order valence-corrected chi connectivity index (χ3v) is 8.12. The lowest BCUT2D eigenvalue weighted by molar-refractivity contribution is -0.149. The lowest BCUT2D eigenvalue weighted by Gasteiger charge is -2.33. The number of hydrogen-bond acceptors (Lipinski definition) is 7. The van der Waals surface area contributed by atoms with Gasteiger partial charge in [0.25, 0.3) is 5.91 Å². The number of fused-ring (bicyclic) bond motifs is 1. The molecule has 3 amide bonds. The maximum absolute atomic E-state index is 16.1. The second kappa shape index (κ2) is 13.3. The molecule has 252 valence electrons. The largest absolute Gasteiger partial charge is 0.390 e. The Labute approximate surface area is 259 Å². The van der Waals surface area contributed by atoms with E-state index < -0.39 is 95.8 Å². The number of rotatable bonds is 10. The summed E-state index contributed by atoms with van der Waals surface area (Å²) in [7, 11) is 2.86. The number of hydrogen-bond donors (Lipinski definition) is 3. The summed E-state index contributed by atoms with van der Waals surface area (Å²) < 4.78 is 89.7. The zero-order chi connectivity index (χ0) is 34.1. The predicted molar refractivity (Wildman–Crippen MR) is 151 cm³/mol. The minimum atomic E-state index is -4.88. The molecule has 1 aliphatic rings. The molecule has 3 atom stereocenters. The van der Waals surface area contributed by atoms with Gasteiger partial charge in [0.05, 0.1) is 23.9 Å². The molecule has 1 saturated carbocycles. The molecular formula is C29H35F6N7O4. The first-order chi connectivity index (χ1) is 21.4. The van der Waals surface area contributed by atoms with Crippen LogP contribution in [0.15, 0.2) is 16.8 Å². The minimum absolute atomic E-state index is 0.0186. The lowest BCUT2D eigenvalue weighted by Crippen LogP contribution is -2.50. The Morgan fingerprint density at radius 3 is 2.30 bits per heavy atom. The molecule has 0 bridgehead atoms. The fourth-order valence-electron chi connectivity index (χ4n) is 5.57. The third-order valence-electron chi connectivity index (χ3n) is 8.12. The highest BCUT2D eigenvalue weighted by molar-refractivity contribution is 5.93. The average molecular weight is 660 g/mol. The van der Waals surface area contributed by atoms with Gasteiger partial charge in [-0.15, -0.1) is 0 Å². The molecule has 3 N–H and O–H groups in total. The van der Waals surface area contributed by atoms with E-state index in [9.17, 15) is 36.3 Å². The van der Waals surface area contributed by atoms with Crippen LogP contribution in [0.2, 0.25) is 0 Å². The Balaban J connectivity index is 1.73. The summed E-state index contributed by atoms with van der Waals surface area (Å²) in [5, 5.41) is 12.1. The molecule has 1 aromatic carbocycles. The second-order valence-electron chi connectivity index (χ2n) is 12.2. The van der Waals surface area contributed by atoms with E-state index >= 15 is 4.39 Å². The first kappa shape index (κ1) is 34.7. The van der Waals surface area contributed by atoms with Crippen molar-refractivity contribution < 1.29 is 45.4 Å². The number of amides is 3. The van der Waals surface area contributed by atoms with Gasteiger partial charge >= 0.3 is 6.18 Å². The number of H-pyrrole nitrogens is 1. The monoisotopic (exact) mass is 659 g/mol. The highest BCUT2D eigenvalue weighted by Crippen LogP contribution is 2.42. The second-order valence-corrected chi connectivity index (χ2v) is 12.2. The number of likely N-dealkylation sites (N-methyl/N-ethyl adjacent to an activating group) is 1. The number of carbonyl (C=O) groups excluding carboxylic acids is 3. The van der Waals surface area contributed by atoms with Crippen LogP contribution in [-0.2, 0) is 9.59 Å². The van der Waals surface area contributed by atoms with Gasteiger partial charge in [-0.05, 0) is 42.8 Å². The van der Waals surface area contributed by atoms with Gasteiger partial charge in [-0.25, -0.2) is 22.8 Å². The van der Waals surface area contributed by atoms with Crippen molar-refractivity contribution in [2.75, 3.05) is 14.1 Å². The molecule has 4 rings (SSSR count). The maximum atomic E-state index is 16.1. The number of aryl methyl sites for hydroxylation is 1. The van der Waals surface area contributed by atoms with Gasteiger partial charge in [-0.1, -0.05) is 25.1 Å². The Hall–Kier alpha value is -4.18. The Bertz CT molecular complexity index is 1580. The summed E-state index contributed by atoms with van der Waals surface area (Å²) in [6.07, 6.45) is -7.57. The van der Waals surface area contributed by atoms with Crippen LogP contribution in [0, 0.1) is 24.6 Å². The van der Waals surface area contributed by atoms with E-state index in [4.69, 9.17) is 0 Å². The molecule has 0 saturated heterocycles. The van der Waals surface area contributed by atoms with E-state index in [-0.39, 0.29) is 35.6 Å². The number of aromatic nitrogens is 4. The first-order valence-corrected chi connectivity index (χ1v) is 14.6. The summed E-state index contributed by atoms with van der Waals surface area (Å²) in [5.74, 6) is -9.79. The van der Waals surface area contributed by atoms with Crippen molar-refractivity contribution in [2.24, 2.45) is 11.8 Å². The smallest absolute Gasteiger partial charge is 0.347 e. The van der Waals surface area contributed by atoms with Crippen molar-refractivity contribution in [1.29, 1.82) is 0 Å². The number of nitrogens with zero attached hydrogens (tertiary/aromatic N) is 4. The quantitative estimate of drug-likeness (QED) is 0.261. The van der Waals surface area contributed by atoms with Crippen LogP contribution in [0.25, 0.3) is 11.0 Å². The molecule has 46 heavy (non-hydrogen) atoms. The molecule has 0 radical (unpaired) electrons. The summed E-state index contributed by atoms with van der Waals surface area (Å²) in [6.45, 7) is 4.67. The van der Waals surface area contributed by atoms with Gasteiger partial charge < -0.3 is 20.5 Å². The molecule has 0 aliphatic heterocycles. The van der Waals surface area contributed by atoms with Crippen LogP contribution in [-0.4, -0.2) is 75.1 Å². The van der Waals surface area contributed by atoms with Gasteiger partial charge in [0, 0.05) is 32.5 Å². The number of alkyl halides is 5. The van der Waals surface area contributed by atoms with Crippen LogP contribution in [0.4, 0.5) is 26.3 Å². The van der Waals surface area contributed by atoms with Crippen molar-refractivity contribution in [2.45, 2.75) is 83.0 Å². The highest BCUT2D eigenvalue weighted by atomic mass is 19.4. The SMILES string of the molecule is Cc1nonc1C(=O)N[C@H](c1nc2c(F)c([C@H](CC(F)(F)F)C(=O)N[C@@H](C(=O)N(C)C)C(C)C)ccc2[nH]1)C1CCC(F)(F)CC1. The number of carbonyl (C=O) groups is 3. The number of halogens is 6. The highest BCUT2D eigenvalue weighted by Gasteiger charge is 2.42. The summed E-state index contributed by atoms with van der Waals surface area (Å²) in [6, 6.07) is 0.0455. The van der Waals surface area contributed by atoms with E-state index in [1.54, 1.807) is 13.8 Å². The van der Waals surface area contributed by atoms with Gasteiger partial charge in [-0.3, -0.25) is 14.4 Å². The van der Waals surface area contributed by atoms with Crippen molar-refractivity contribution in [1.82, 2.24) is 35.8 Å². The lowest BCUT2D eigenvalue weighted by atomic mass is 9.81. The zero-order valence-corrected chi connectivity index (χ0v) is 25.8. The Morgan fingerprint density at radius 1 is 1.11 bits per heavy atom. The van der Waals surface area contributed by atoms with Crippen molar-refractivity contribution in [3.63, 3.8) is 0 Å². The normalized spacial score (nSPS) is 17.5. The number of aromatic amines is 1. The number of imidazole rings is 1. The van der Waals surface area contributed by atoms with Gasteiger partial charge in [0.1, 0.15) is 23.1 Å². The molecule has 3 aromatic rings. The van der Waals surface area contributed by atoms with E-state index in [0.717, 1.165) is 6.07 Å². The molecule has 0 spiro atoms. The van der Waals surface area contributed by atoms with Crippen molar-refractivity contribution in [3.8, 4) is 0 Å². The van der Waals surface area contributed by atoms with Gasteiger partial charge in [-0.2, -0.15) is 13.2 Å². The van der Waals surface area contributed by atoms with E-state index in [0.29, 0.717) is 0 Å². The van der Waals surface area contributed by atoms with Gasteiger partial charge in [0.2, 0.25) is 17.7 Å². The van der Waals surface area contributed by atoms with Crippen LogP contribution >= 0.6 is 0 Å². The molecule has 0 unspecified atom stereocenters. The topological polar surface area (TPSA) is 146 Å².